The van der Waals surface area contributed by atoms with Crippen LogP contribution in [0.25, 0.3) is 0 Å². The van der Waals surface area contributed by atoms with E-state index in [0.29, 0.717) is 0 Å². The summed E-state index contributed by atoms with van der Waals surface area (Å²) in [7, 11) is 2.37. The van der Waals surface area contributed by atoms with E-state index in [0.717, 1.165) is 12.1 Å². The Bertz CT molecular complexity index is 179. The molecule has 94 valence electrons. The molecule has 1 saturated carbocycles. The second-order valence-corrected chi connectivity index (χ2v) is 5.66. The lowest BCUT2D eigenvalue weighted by Crippen LogP contribution is -2.48. The summed E-state index contributed by atoms with van der Waals surface area (Å²) >= 11 is 0. The molecule has 1 saturated heterocycles. The summed E-state index contributed by atoms with van der Waals surface area (Å²) in [6.07, 6.45) is 13.0. The fraction of sp³-hybridized carbons (Fsp3) is 1.00. The van der Waals surface area contributed by atoms with Crippen molar-refractivity contribution in [3.8, 4) is 0 Å². The first kappa shape index (κ1) is 12.4. The van der Waals surface area contributed by atoms with Gasteiger partial charge in [0.1, 0.15) is 0 Å². The smallest absolute Gasteiger partial charge is 0.0220 e. The molecule has 0 radical (unpaired) electrons. The average molecular weight is 224 g/mol. The first-order valence-corrected chi connectivity index (χ1v) is 7.30. The summed E-state index contributed by atoms with van der Waals surface area (Å²) in [5, 5.41) is 3.54. The van der Waals surface area contributed by atoms with Crippen LogP contribution in [0, 0.1) is 0 Å². The van der Waals surface area contributed by atoms with Crippen molar-refractivity contribution in [2.45, 2.75) is 69.9 Å². The van der Waals surface area contributed by atoms with E-state index in [1.807, 2.05) is 0 Å². The van der Waals surface area contributed by atoms with Crippen molar-refractivity contribution < 1.29 is 0 Å². The van der Waals surface area contributed by atoms with Gasteiger partial charge in [-0.3, -0.25) is 4.90 Å². The molecule has 1 heterocycles. The Kier molecular flexibility index (Phi) is 5.11. The summed E-state index contributed by atoms with van der Waals surface area (Å²) in [5.74, 6) is 0. The second kappa shape index (κ2) is 6.61. The molecule has 1 aliphatic carbocycles. The van der Waals surface area contributed by atoms with Crippen LogP contribution >= 0.6 is 0 Å². The molecule has 1 aliphatic heterocycles. The predicted molar refractivity (Wildman–Crippen MR) is 69.8 cm³/mol. The molecule has 1 unspecified atom stereocenters. The van der Waals surface area contributed by atoms with E-state index in [4.69, 9.17) is 0 Å². The quantitative estimate of drug-likeness (QED) is 0.776. The number of hydrogen-bond acceptors (Lipinski definition) is 2. The second-order valence-electron chi connectivity index (χ2n) is 5.66. The average Bonchev–Trinajstić information content (AvgIpc) is 2.29. The third-order valence-electron chi connectivity index (χ3n) is 4.50. The van der Waals surface area contributed by atoms with Crippen molar-refractivity contribution in [1.82, 2.24) is 10.2 Å². The van der Waals surface area contributed by atoms with Gasteiger partial charge < -0.3 is 5.32 Å². The lowest BCUT2D eigenvalue weighted by molar-refractivity contribution is 0.125. The van der Waals surface area contributed by atoms with Gasteiger partial charge in [0, 0.05) is 18.6 Å². The maximum Gasteiger partial charge on any atom is 0.0220 e. The minimum atomic E-state index is 0.804. The molecular weight excluding hydrogens is 196 g/mol. The third kappa shape index (κ3) is 3.46. The molecule has 0 aromatic rings. The van der Waals surface area contributed by atoms with Crippen LogP contribution in [0.4, 0.5) is 0 Å². The van der Waals surface area contributed by atoms with Crippen molar-refractivity contribution in [1.29, 1.82) is 0 Å². The normalized spacial score (nSPS) is 30.0. The van der Waals surface area contributed by atoms with Crippen LogP contribution in [0.1, 0.15) is 57.8 Å². The van der Waals surface area contributed by atoms with E-state index in [1.165, 1.54) is 70.9 Å². The van der Waals surface area contributed by atoms with Crippen molar-refractivity contribution in [3.63, 3.8) is 0 Å². The van der Waals surface area contributed by atoms with E-state index in [-0.39, 0.29) is 0 Å². The Morgan fingerprint density at radius 3 is 2.06 bits per heavy atom. The van der Waals surface area contributed by atoms with E-state index in [9.17, 15) is 0 Å². The zero-order valence-corrected chi connectivity index (χ0v) is 10.9. The van der Waals surface area contributed by atoms with Gasteiger partial charge in [-0.05, 0) is 39.3 Å². The number of nitrogens with one attached hydrogen (secondary N) is 1. The van der Waals surface area contributed by atoms with Crippen LogP contribution in [0.3, 0.4) is 0 Å². The number of likely N-dealkylation sites (N-methyl/N-ethyl adjacent to an activating group) is 1. The molecule has 0 spiro atoms. The van der Waals surface area contributed by atoms with Crippen LogP contribution in [-0.4, -0.2) is 37.1 Å². The monoisotopic (exact) mass is 224 g/mol. The van der Waals surface area contributed by atoms with Crippen molar-refractivity contribution >= 4 is 0 Å². The number of rotatable bonds is 2. The van der Waals surface area contributed by atoms with Gasteiger partial charge in [0.05, 0.1) is 0 Å². The molecule has 2 heteroatoms. The molecule has 1 atom stereocenters. The molecule has 0 amide bonds. The van der Waals surface area contributed by atoms with Gasteiger partial charge in [-0.25, -0.2) is 0 Å². The van der Waals surface area contributed by atoms with E-state index in [1.54, 1.807) is 0 Å². The molecule has 16 heavy (non-hydrogen) atoms. The lowest BCUT2D eigenvalue weighted by Gasteiger charge is -2.38. The van der Waals surface area contributed by atoms with Gasteiger partial charge >= 0.3 is 0 Å². The van der Waals surface area contributed by atoms with Gasteiger partial charge in [-0.1, -0.05) is 32.1 Å². The Hall–Kier alpha value is -0.0800. The summed E-state index contributed by atoms with van der Waals surface area (Å²) in [4.78, 5) is 2.69. The van der Waals surface area contributed by atoms with Gasteiger partial charge in [0.2, 0.25) is 0 Å². The van der Waals surface area contributed by atoms with E-state index < -0.39 is 0 Å². The Morgan fingerprint density at radius 2 is 1.44 bits per heavy atom. The van der Waals surface area contributed by atoms with Crippen molar-refractivity contribution in [2.75, 3.05) is 20.1 Å². The number of hydrogen-bond donors (Lipinski definition) is 1. The highest BCUT2D eigenvalue weighted by molar-refractivity contribution is 4.82. The predicted octanol–water partition coefficient (Wildman–Crippen LogP) is 2.78. The van der Waals surface area contributed by atoms with Crippen LogP contribution in [0.2, 0.25) is 0 Å². The molecule has 2 aliphatic rings. The largest absolute Gasteiger partial charge is 0.315 e. The van der Waals surface area contributed by atoms with E-state index in [2.05, 4.69) is 17.3 Å². The molecule has 0 aromatic carbocycles. The number of nitrogens with zero attached hydrogens (tertiary/aromatic N) is 1. The number of piperidine rings is 1. The first-order valence-electron chi connectivity index (χ1n) is 7.30. The fourth-order valence-corrected chi connectivity index (χ4v) is 3.32. The highest BCUT2D eigenvalue weighted by Crippen LogP contribution is 2.23. The zero-order chi connectivity index (χ0) is 11.2. The Labute approximate surface area is 101 Å². The molecule has 0 bridgehead atoms. The minimum absolute atomic E-state index is 0.804. The first-order chi connectivity index (χ1) is 7.88. The summed E-state index contributed by atoms with van der Waals surface area (Å²) in [6.45, 7) is 2.45. The van der Waals surface area contributed by atoms with Gasteiger partial charge in [0.15, 0.2) is 0 Å². The highest BCUT2D eigenvalue weighted by Gasteiger charge is 2.24. The van der Waals surface area contributed by atoms with Gasteiger partial charge in [0.25, 0.3) is 0 Å². The highest BCUT2D eigenvalue weighted by atomic mass is 15.2. The standard InChI is InChI=1S/C14H28N2/c1-16(14-10-7-11-15-12-14)13-8-5-3-2-4-6-9-13/h13-15H,2-12H2,1H3. The SMILES string of the molecule is CN(C1CCCCCCC1)C1CCCNC1. The molecular formula is C14H28N2. The van der Waals surface area contributed by atoms with Crippen LogP contribution in [0.15, 0.2) is 0 Å². The topological polar surface area (TPSA) is 15.3 Å². The fourth-order valence-electron chi connectivity index (χ4n) is 3.32. The van der Waals surface area contributed by atoms with E-state index >= 15 is 0 Å². The summed E-state index contributed by atoms with van der Waals surface area (Å²) < 4.78 is 0. The summed E-state index contributed by atoms with van der Waals surface area (Å²) in [5.41, 5.74) is 0. The van der Waals surface area contributed by atoms with Crippen molar-refractivity contribution in [3.05, 3.63) is 0 Å². The maximum absolute atomic E-state index is 3.54. The Balaban J connectivity index is 1.82. The van der Waals surface area contributed by atoms with Crippen LogP contribution in [-0.2, 0) is 0 Å². The molecule has 2 fully saturated rings. The molecule has 0 aromatic heterocycles. The lowest BCUT2D eigenvalue weighted by atomic mass is 9.94. The summed E-state index contributed by atoms with van der Waals surface area (Å²) in [6, 6.07) is 1.67. The van der Waals surface area contributed by atoms with Crippen LogP contribution in [0.5, 0.6) is 0 Å². The Morgan fingerprint density at radius 1 is 0.812 bits per heavy atom. The minimum Gasteiger partial charge on any atom is -0.315 e. The maximum atomic E-state index is 3.54. The third-order valence-corrected chi connectivity index (χ3v) is 4.50. The molecule has 2 nitrogen and oxygen atoms in total. The zero-order valence-electron chi connectivity index (χ0n) is 10.9. The van der Waals surface area contributed by atoms with Crippen molar-refractivity contribution in [2.24, 2.45) is 0 Å². The van der Waals surface area contributed by atoms with Crippen LogP contribution < -0.4 is 5.32 Å². The molecule has 2 rings (SSSR count). The molecule has 1 N–H and O–H groups in total. The van der Waals surface area contributed by atoms with Gasteiger partial charge in [-0.2, -0.15) is 0 Å². The van der Waals surface area contributed by atoms with Gasteiger partial charge in [-0.15, -0.1) is 0 Å².